The van der Waals surface area contributed by atoms with Gasteiger partial charge < -0.3 is 9.52 Å². The topological polar surface area (TPSA) is 76.2 Å². The van der Waals surface area contributed by atoms with Crippen molar-refractivity contribution in [2.45, 2.75) is 6.92 Å². The molecule has 0 fully saturated rings. The van der Waals surface area contributed by atoms with E-state index in [0.29, 0.717) is 11.5 Å². The number of carbonyl (C=O) groups is 1. The summed E-state index contributed by atoms with van der Waals surface area (Å²) in [5.74, 6) is -0.575. The van der Waals surface area contributed by atoms with Crippen molar-refractivity contribution < 1.29 is 14.3 Å². The summed E-state index contributed by atoms with van der Waals surface area (Å²) in [7, 11) is 0. The minimum Gasteiger partial charge on any atom is -0.478 e. The zero-order valence-electron chi connectivity index (χ0n) is 10.5. The van der Waals surface area contributed by atoms with E-state index >= 15 is 0 Å². The van der Waals surface area contributed by atoms with E-state index < -0.39 is 5.97 Å². The number of aromatic carboxylic acids is 1. The molecule has 0 radical (unpaired) electrons. The van der Waals surface area contributed by atoms with Gasteiger partial charge in [0.1, 0.15) is 22.7 Å². The summed E-state index contributed by atoms with van der Waals surface area (Å²) in [6, 6.07) is 5.31. The van der Waals surface area contributed by atoms with Gasteiger partial charge in [-0.1, -0.05) is 6.07 Å². The number of carboxylic acids is 1. The van der Waals surface area contributed by atoms with Gasteiger partial charge in [0.25, 0.3) is 0 Å². The fourth-order valence-corrected chi connectivity index (χ4v) is 2.66. The molecule has 0 aliphatic heterocycles. The lowest BCUT2D eigenvalue weighted by Gasteiger charge is -1.98. The molecular formula is C14H10N2O3S. The molecule has 0 aromatic carbocycles. The maximum Gasteiger partial charge on any atom is 0.338 e. The van der Waals surface area contributed by atoms with Crippen LogP contribution in [0.1, 0.15) is 15.9 Å². The molecule has 0 saturated carbocycles. The van der Waals surface area contributed by atoms with Crippen LogP contribution in [-0.2, 0) is 0 Å². The third kappa shape index (κ3) is 2.21. The first-order valence-corrected chi connectivity index (χ1v) is 6.73. The molecule has 3 aromatic rings. The van der Waals surface area contributed by atoms with Crippen LogP contribution in [0.25, 0.3) is 22.2 Å². The monoisotopic (exact) mass is 286 g/mol. The molecule has 0 amide bonds. The van der Waals surface area contributed by atoms with Crippen molar-refractivity contribution >= 4 is 17.3 Å². The van der Waals surface area contributed by atoms with Gasteiger partial charge >= 0.3 is 5.97 Å². The molecule has 3 rings (SSSR count). The standard InChI is InChI=1S/C14H10N2O3S/c1-8-3-2-4-15-12(8)13-16-10(7-20-13)11-5-9(6-19-11)14(17)18/h2-7H,1H3,(H,17,18). The predicted octanol–water partition coefficient (Wildman–Crippen LogP) is 3.47. The summed E-state index contributed by atoms with van der Waals surface area (Å²) < 4.78 is 5.23. The highest BCUT2D eigenvalue weighted by molar-refractivity contribution is 7.13. The van der Waals surface area contributed by atoms with Gasteiger partial charge in [0, 0.05) is 17.6 Å². The Balaban J connectivity index is 1.98. The highest BCUT2D eigenvalue weighted by Crippen LogP contribution is 2.30. The highest BCUT2D eigenvalue weighted by atomic mass is 32.1. The zero-order chi connectivity index (χ0) is 14.1. The van der Waals surface area contributed by atoms with Gasteiger partial charge in [-0.3, -0.25) is 4.98 Å². The van der Waals surface area contributed by atoms with Crippen molar-refractivity contribution in [3.05, 3.63) is 47.2 Å². The average Bonchev–Trinajstić information content (AvgIpc) is 3.08. The van der Waals surface area contributed by atoms with Crippen molar-refractivity contribution in [3.63, 3.8) is 0 Å². The minimum atomic E-state index is -1.02. The van der Waals surface area contributed by atoms with Crippen molar-refractivity contribution in [1.82, 2.24) is 9.97 Å². The van der Waals surface area contributed by atoms with Gasteiger partial charge in [0.2, 0.25) is 0 Å². The number of hydrogen-bond acceptors (Lipinski definition) is 5. The maximum absolute atomic E-state index is 10.8. The second-order valence-corrected chi connectivity index (χ2v) is 5.07. The van der Waals surface area contributed by atoms with Gasteiger partial charge in [-0.15, -0.1) is 11.3 Å². The van der Waals surface area contributed by atoms with Crippen LogP contribution in [0, 0.1) is 6.92 Å². The third-order valence-corrected chi connectivity index (χ3v) is 3.66. The Hall–Kier alpha value is -2.47. The van der Waals surface area contributed by atoms with Gasteiger partial charge in [0.15, 0.2) is 5.76 Å². The molecular weight excluding hydrogens is 276 g/mol. The van der Waals surface area contributed by atoms with E-state index in [1.54, 1.807) is 6.20 Å². The Kier molecular flexibility index (Phi) is 3.08. The van der Waals surface area contributed by atoms with Crippen LogP contribution < -0.4 is 0 Å². The molecule has 0 atom stereocenters. The van der Waals surface area contributed by atoms with Gasteiger partial charge in [0.05, 0.1) is 5.56 Å². The van der Waals surface area contributed by atoms with Crippen molar-refractivity contribution in [2.75, 3.05) is 0 Å². The molecule has 3 aromatic heterocycles. The predicted molar refractivity (Wildman–Crippen MR) is 74.7 cm³/mol. The molecule has 0 saturated heterocycles. The fourth-order valence-electron chi connectivity index (χ4n) is 1.79. The third-order valence-electron chi connectivity index (χ3n) is 2.82. The maximum atomic E-state index is 10.8. The van der Waals surface area contributed by atoms with E-state index in [2.05, 4.69) is 9.97 Å². The molecule has 5 nitrogen and oxygen atoms in total. The van der Waals surface area contributed by atoms with E-state index in [-0.39, 0.29) is 5.56 Å². The number of pyridine rings is 1. The van der Waals surface area contributed by atoms with Crippen molar-refractivity contribution in [3.8, 4) is 22.2 Å². The summed E-state index contributed by atoms with van der Waals surface area (Å²) in [6.45, 7) is 1.97. The Morgan fingerprint density at radius 2 is 2.30 bits per heavy atom. The largest absolute Gasteiger partial charge is 0.478 e. The molecule has 6 heteroatoms. The van der Waals surface area contributed by atoms with Gasteiger partial charge in [-0.05, 0) is 18.6 Å². The van der Waals surface area contributed by atoms with Crippen LogP contribution in [0.15, 0.2) is 40.5 Å². The number of rotatable bonds is 3. The average molecular weight is 286 g/mol. The molecule has 0 aliphatic rings. The molecule has 100 valence electrons. The second kappa shape index (κ2) is 4.90. The number of hydrogen-bond donors (Lipinski definition) is 1. The van der Waals surface area contributed by atoms with Gasteiger partial charge in [-0.25, -0.2) is 9.78 Å². The van der Waals surface area contributed by atoms with Crippen molar-refractivity contribution in [2.24, 2.45) is 0 Å². The highest BCUT2D eigenvalue weighted by Gasteiger charge is 2.14. The van der Waals surface area contributed by atoms with Crippen LogP contribution in [0.5, 0.6) is 0 Å². The van der Waals surface area contributed by atoms with E-state index in [4.69, 9.17) is 9.52 Å². The lowest BCUT2D eigenvalue weighted by molar-refractivity contribution is 0.0696. The minimum absolute atomic E-state index is 0.114. The Bertz CT molecular complexity index is 776. The van der Waals surface area contributed by atoms with Gasteiger partial charge in [-0.2, -0.15) is 0 Å². The molecule has 0 unspecified atom stereocenters. The van der Waals surface area contributed by atoms with Crippen LogP contribution in [-0.4, -0.2) is 21.0 Å². The zero-order valence-corrected chi connectivity index (χ0v) is 11.3. The first-order chi connectivity index (χ1) is 9.65. The Morgan fingerprint density at radius 1 is 1.45 bits per heavy atom. The SMILES string of the molecule is Cc1cccnc1-c1nc(-c2cc(C(=O)O)co2)cs1. The normalized spacial score (nSPS) is 10.7. The molecule has 0 bridgehead atoms. The number of carboxylic acid groups (broad SMARTS) is 1. The van der Waals surface area contributed by atoms with Crippen molar-refractivity contribution in [1.29, 1.82) is 0 Å². The number of aryl methyl sites for hydroxylation is 1. The lowest BCUT2D eigenvalue weighted by atomic mass is 10.2. The molecule has 0 aliphatic carbocycles. The first kappa shape index (κ1) is 12.6. The quantitative estimate of drug-likeness (QED) is 0.797. The van der Waals surface area contributed by atoms with E-state index in [9.17, 15) is 4.79 Å². The molecule has 1 N–H and O–H groups in total. The van der Waals surface area contributed by atoms with Crippen LogP contribution in [0.3, 0.4) is 0 Å². The van der Waals surface area contributed by atoms with Crippen LogP contribution >= 0.6 is 11.3 Å². The summed E-state index contributed by atoms with van der Waals surface area (Å²) >= 11 is 1.45. The Morgan fingerprint density at radius 3 is 3.00 bits per heavy atom. The van der Waals surface area contributed by atoms with E-state index in [0.717, 1.165) is 16.3 Å². The summed E-state index contributed by atoms with van der Waals surface area (Å²) in [5.41, 5.74) is 2.60. The second-order valence-electron chi connectivity index (χ2n) is 4.21. The summed E-state index contributed by atoms with van der Waals surface area (Å²) in [6.07, 6.45) is 2.93. The fraction of sp³-hybridized carbons (Fsp3) is 0.0714. The lowest BCUT2D eigenvalue weighted by Crippen LogP contribution is -1.91. The molecule has 3 heterocycles. The summed E-state index contributed by atoms with van der Waals surface area (Å²) in [5, 5.41) is 11.5. The number of aromatic nitrogens is 2. The summed E-state index contributed by atoms with van der Waals surface area (Å²) in [4.78, 5) is 19.6. The van der Waals surface area contributed by atoms with E-state index in [1.165, 1.54) is 23.7 Å². The van der Waals surface area contributed by atoms with Crippen LogP contribution in [0.4, 0.5) is 0 Å². The number of thiazole rings is 1. The number of furan rings is 1. The molecule has 20 heavy (non-hydrogen) atoms. The smallest absolute Gasteiger partial charge is 0.338 e. The molecule has 0 spiro atoms. The first-order valence-electron chi connectivity index (χ1n) is 5.85. The van der Waals surface area contributed by atoms with E-state index in [1.807, 2.05) is 24.4 Å². The number of nitrogens with zero attached hydrogens (tertiary/aromatic N) is 2. The Labute approximate surface area is 118 Å². The van der Waals surface area contributed by atoms with Crippen LogP contribution in [0.2, 0.25) is 0 Å².